The first kappa shape index (κ1) is 14.2. The molecule has 1 N–H and O–H groups in total. The Bertz CT molecular complexity index is 397. The van der Waals surface area contributed by atoms with Gasteiger partial charge in [-0.3, -0.25) is 0 Å². The van der Waals surface area contributed by atoms with Crippen LogP contribution in [0.5, 0.6) is 0 Å². The van der Waals surface area contributed by atoms with Crippen LogP contribution in [0.4, 0.5) is 5.82 Å². The molecule has 1 aliphatic rings. The number of aromatic nitrogens is 2. The summed E-state index contributed by atoms with van der Waals surface area (Å²) in [6.45, 7) is 8.94. The summed E-state index contributed by atoms with van der Waals surface area (Å²) in [5.41, 5.74) is 1.17. The maximum absolute atomic E-state index is 5.63. The van der Waals surface area contributed by atoms with Gasteiger partial charge in [0.2, 0.25) is 0 Å². The molecular weight excluding hydrogens is 240 g/mol. The van der Waals surface area contributed by atoms with E-state index >= 15 is 0 Å². The lowest BCUT2D eigenvalue weighted by molar-refractivity contribution is 0.125. The van der Waals surface area contributed by atoms with Gasteiger partial charge in [0.05, 0.1) is 13.2 Å². The molecule has 5 heteroatoms. The minimum Gasteiger partial charge on any atom is -0.380 e. The normalized spacial score (nSPS) is 21.4. The second kappa shape index (κ2) is 6.82. The van der Waals surface area contributed by atoms with Crippen molar-refractivity contribution in [1.29, 1.82) is 0 Å². The molecule has 2 rings (SSSR count). The van der Waals surface area contributed by atoms with E-state index in [1.807, 2.05) is 6.20 Å². The average molecular weight is 264 g/mol. The number of hydrogen-bond acceptors (Lipinski definition) is 5. The van der Waals surface area contributed by atoms with E-state index in [-0.39, 0.29) is 0 Å². The molecule has 106 valence electrons. The number of ether oxygens (including phenoxy) is 1. The van der Waals surface area contributed by atoms with Gasteiger partial charge >= 0.3 is 0 Å². The van der Waals surface area contributed by atoms with Crippen LogP contribution in [0, 0.1) is 5.92 Å². The van der Waals surface area contributed by atoms with E-state index in [4.69, 9.17) is 4.74 Å². The Morgan fingerprint density at radius 1 is 1.53 bits per heavy atom. The number of hydrogen-bond donors (Lipinski definition) is 1. The Morgan fingerprint density at radius 2 is 2.37 bits per heavy atom. The number of likely N-dealkylation sites (N-methyl/N-ethyl adjacent to an activating group) is 1. The molecule has 0 aromatic carbocycles. The molecule has 19 heavy (non-hydrogen) atoms. The van der Waals surface area contributed by atoms with Crippen LogP contribution in [0.3, 0.4) is 0 Å². The van der Waals surface area contributed by atoms with E-state index in [2.05, 4.69) is 41.1 Å². The lowest BCUT2D eigenvalue weighted by Crippen LogP contribution is -2.30. The molecule has 1 aromatic rings. The van der Waals surface area contributed by atoms with Crippen molar-refractivity contribution in [3.63, 3.8) is 0 Å². The standard InChI is InChI=1S/C14H24N4O/c1-11(2)13-7-15-10-17-14(13)16-6-12-8-18(3)4-5-19-9-12/h7,10-12H,4-6,8-9H2,1-3H3,(H,15,16,17). The second-order valence-electron chi connectivity index (χ2n) is 5.57. The largest absolute Gasteiger partial charge is 0.380 e. The SMILES string of the molecule is CC(C)c1cncnc1NCC1COCCN(C)C1. The van der Waals surface area contributed by atoms with Gasteiger partial charge in [-0.1, -0.05) is 13.8 Å². The first-order valence-corrected chi connectivity index (χ1v) is 6.97. The minimum absolute atomic E-state index is 0.428. The fourth-order valence-electron chi connectivity index (χ4n) is 2.33. The molecule has 1 saturated heterocycles. The van der Waals surface area contributed by atoms with Crippen molar-refractivity contribution in [2.45, 2.75) is 19.8 Å². The highest BCUT2D eigenvalue weighted by Gasteiger charge is 2.17. The number of rotatable bonds is 4. The Hall–Kier alpha value is -1.20. The van der Waals surface area contributed by atoms with E-state index < -0.39 is 0 Å². The van der Waals surface area contributed by atoms with Crippen LogP contribution < -0.4 is 5.32 Å². The molecule has 1 aliphatic heterocycles. The zero-order chi connectivity index (χ0) is 13.7. The topological polar surface area (TPSA) is 50.3 Å². The van der Waals surface area contributed by atoms with Crippen LogP contribution in [-0.4, -0.2) is 54.8 Å². The summed E-state index contributed by atoms with van der Waals surface area (Å²) in [7, 11) is 2.14. The molecule has 5 nitrogen and oxygen atoms in total. The average Bonchev–Trinajstić information content (AvgIpc) is 2.61. The summed E-state index contributed by atoms with van der Waals surface area (Å²) < 4.78 is 5.63. The molecule has 0 bridgehead atoms. The van der Waals surface area contributed by atoms with Crippen LogP contribution in [0.25, 0.3) is 0 Å². The summed E-state index contributed by atoms with van der Waals surface area (Å²) in [4.78, 5) is 10.8. The van der Waals surface area contributed by atoms with Gasteiger partial charge in [0.25, 0.3) is 0 Å². The third kappa shape index (κ3) is 4.14. The molecule has 0 radical (unpaired) electrons. The monoisotopic (exact) mass is 264 g/mol. The molecule has 0 saturated carbocycles. The third-order valence-electron chi connectivity index (χ3n) is 3.46. The van der Waals surface area contributed by atoms with Crippen molar-refractivity contribution in [3.05, 3.63) is 18.1 Å². The lowest BCUT2D eigenvalue weighted by Gasteiger charge is -2.20. The van der Waals surface area contributed by atoms with Crippen LogP contribution >= 0.6 is 0 Å². The molecule has 1 aromatic heterocycles. The molecule has 0 spiro atoms. The van der Waals surface area contributed by atoms with Gasteiger partial charge in [0.15, 0.2) is 0 Å². The predicted molar refractivity (Wildman–Crippen MR) is 76.4 cm³/mol. The van der Waals surface area contributed by atoms with Gasteiger partial charge < -0.3 is 15.0 Å². The van der Waals surface area contributed by atoms with Crippen molar-refractivity contribution in [2.75, 3.05) is 45.2 Å². The maximum Gasteiger partial charge on any atom is 0.132 e. The fraction of sp³-hybridized carbons (Fsp3) is 0.714. The first-order valence-electron chi connectivity index (χ1n) is 6.97. The summed E-state index contributed by atoms with van der Waals surface area (Å²) >= 11 is 0. The van der Waals surface area contributed by atoms with Gasteiger partial charge in [-0.2, -0.15) is 0 Å². The van der Waals surface area contributed by atoms with Crippen LogP contribution in [0.1, 0.15) is 25.3 Å². The Labute approximate surface area is 115 Å². The van der Waals surface area contributed by atoms with Gasteiger partial charge in [0.1, 0.15) is 12.1 Å². The van der Waals surface area contributed by atoms with Crippen molar-refractivity contribution < 1.29 is 4.74 Å². The highest BCUT2D eigenvalue weighted by molar-refractivity contribution is 5.43. The van der Waals surface area contributed by atoms with E-state index in [1.165, 1.54) is 5.56 Å². The smallest absolute Gasteiger partial charge is 0.132 e. The molecular formula is C14H24N4O. The van der Waals surface area contributed by atoms with Gasteiger partial charge in [-0.25, -0.2) is 9.97 Å². The Balaban J connectivity index is 1.94. The highest BCUT2D eigenvalue weighted by Crippen LogP contribution is 2.20. The number of nitrogens with zero attached hydrogens (tertiary/aromatic N) is 3. The highest BCUT2D eigenvalue weighted by atomic mass is 16.5. The second-order valence-corrected chi connectivity index (χ2v) is 5.57. The summed E-state index contributed by atoms with van der Waals surface area (Å²) in [6.07, 6.45) is 3.50. The van der Waals surface area contributed by atoms with Crippen molar-refractivity contribution in [1.82, 2.24) is 14.9 Å². The van der Waals surface area contributed by atoms with Crippen LogP contribution in [-0.2, 0) is 4.74 Å². The maximum atomic E-state index is 5.63. The van der Waals surface area contributed by atoms with E-state index in [1.54, 1.807) is 6.33 Å². The van der Waals surface area contributed by atoms with E-state index in [0.29, 0.717) is 11.8 Å². The van der Waals surface area contributed by atoms with Crippen LogP contribution in [0.2, 0.25) is 0 Å². The molecule has 1 fully saturated rings. The quantitative estimate of drug-likeness (QED) is 0.895. The summed E-state index contributed by atoms with van der Waals surface area (Å²) in [6, 6.07) is 0. The fourth-order valence-corrected chi connectivity index (χ4v) is 2.33. The number of nitrogens with one attached hydrogen (secondary N) is 1. The molecule has 0 aliphatic carbocycles. The zero-order valence-electron chi connectivity index (χ0n) is 12.1. The van der Waals surface area contributed by atoms with Gasteiger partial charge in [-0.15, -0.1) is 0 Å². The Kier molecular flexibility index (Phi) is 5.10. The summed E-state index contributed by atoms with van der Waals surface area (Å²) in [5, 5.41) is 3.45. The molecule has 1 atom stereocenters. The summed E-state index contributed by atoms with van der Waals surface area (Å²) in [5.74, 6) is 1.89. The lowest BCUT2D eigenvalue weighted by atomic mass is 10.1. The van der Waals surface area contributed by atoms with Crippen molar-refractivity contribution >= 4 is 5.82 Å². The number of anilines is 1. The van der Waals surface area contributed by atoms with Gasteiger partial charge in [-0.05, 0) is 13.0 Å². The van der Waals surface area contributed by atoms with E-state index in [0.717, 1.165) is 38.7 Å². The van der Waals surface area contributed by atoms with Crippen molar-refractivity contribution in [3.8, 4) is 0 Å². The molecule has 1 unspecified atom stereocenters. The van der Waals surface area contributed by atoms with E-state index in [9.17, 15) is 0 Å². The zero-order valence-corrected chi connectivity index (χ0v) is 12.1. The van der Waals surface area contributed by atoms with Crippen molar-refractivity contribution in [2.24, 2.45) is 5.92 Å². The van der Waals surface area contributed by atoms with Crippen LogP contribution in [0.15, 0.2) is 12.5 Å². The minimum atomic E-state index is 0.428. The van der Waals surface area contributed by atoms with Gasteiger partial charge in [0, 0.05) is 37.3 Å². The Morgan fingerprint density at radius 3 is 3.16 bits per heavy atom. The predicted octanol–water partition coefficient (Wildman–Crippen LogP) is 1.59. The first-order chi connectivity index (χ1) is 9.16. The molecule has 0 amide bonds. The third-order valence-corrected chi connectivity index (χ3v) is 3.46. The molecule has 2 heterocycles.